The van der Waals surface area contributed by atoms with Gasteiger partial charge in [0.05, 0.1) is 6.54 Å². The third-order valence-electron chi connectivity index (χ3n) is 3.37. The Morgan fingerprint density at radius 2 is 1.90 bits per heavy atom. The van der Waals surface area contributed by atoms with Gasteiger partial charge in [0.1, 0.15) is 0 Å². The molecule has 1 aromatic carbocycles. The highest BCUT2D eigenvalue weighted by atomic mass is 16.1. The number of nitrogens with zero attached hydrogens (tertiary/aromatic N) is 1. The van der Waals surface area contributed by atoms with E-state index in [0.29, 0.717) is 6.54 Å². The molecule has 106 valence electrons. The number of aromatic nitrogens is 1. The molecule has 2 rings (SSSR count). The lowest BCUT2D eigenvalue weighted by atomic mass is 10.1. The number of carbonyl (C=O) groups is 1. The van der Waals surface area contributed by atoms with E-state index in [1.165, 1.54) is 11.1 Å². The molecule has 3 nitrogen and oxygen atoms in total. The van der Waals surface area contributed by atoms with Crippen molar-refractivity contribution in [1.82, 2.24) is 9.88 Å². The summed E-state index contributed by atoms with van der Waals surface area (Å²) in [6.45, 7) is 7.31. The van der Waals surface area contributed by atoms with Crippen molar-refractivity contribution in [3.05, 3.63) is 59.4 Å². The molecule has 20 heavy (non-hydrogen) atoms. The molecular weight excluding hydrogens is 248 g/mol. The molecule has 0 radical (unpaired) electrons. The van der Waals surface area contributed by atoms with Gasteiger partial charge in [0.2, 0.25) is 5.91 Å². The van der Waals surface area contributed by atoms with Gasteiger partial charge in [-0.1, -0.05) is 43.7 Å². The van der Waals surface area contributed by atoms with Crippen LogP contribution in [0.15, 0.2) is 42.6 Å². The zero-order chi connectivity index (χ0) is 14.5. The Morgan fingerprint density at radius 1 is 1.20 bits per heavy atom. The lowest BCUT2D eigenvalue weighted by Gasteiger charge is -2.12. The van der Waals surface area contributed by atoms with Gasteiger partial charge in [0, 0.05) is 24.4 Å². The number of amides is 1. The Labute approximate surface area is 120 Å². The summed E-state index contributed by atoms with van der Waals surface area (Å²) in [6, 6.07) is 12.6. The maximum absolute atomic E-state index is 11.6. The van der Waals surface area contributed by atoms with E-state index in [1.54, 1.807) is 0 Å². The summed E-state index contributed by atoms with van der Waals surface area (Å²) in [4.78, 5) is 11.6. The minimum absolute atomic E-state index is 0.0236. The molecule has 1 aromatic heterocycles. The smallest absolute Gasteiger partial charge is 0.222 e. The number of aryl methyl sites for hydroxylation is 1. The van der Waals surface area contributed by atoms with Crippen LogP contribution in [0.25, 0.3) is 0 Å². The second-order valence-corrected chi connectivity index (χ2v) is 5.49. The predicted octanol–water partition coefficient (Wildman–Crippen LogP) is 3.12. The highest BCUT2D eigenvalue weighted by molar-refractivity contribution is 5.77. The van der Waals surface area contributed by atoms with Crippen molar-refractivity contribution in [3.63, 3.8) is 0 Å². The van der Waals surface area contributed by atoms with E-state index in [2.05, 4.69) is 53.3 Å². The third-order valence-corrected chi connectivity index (χ3v) is 3.37. The average molecular weight is 270 g/mol. The number of nitrogens with one attached hydrogen (secondary N) is 1. The Bertz CT molecular complexity index is 567. The van der Waals surface area contributed by atoms with Crippen LogP contribution in [0.1, 0.15) is 30.7 Å². The fourth-order valence-electron chi connectivity index (χ4n) is 2.04. The fraction of sp³-hybridized carbons (Fsp3) is 0.353. The summed E-state index contributed by atoms with van der Waals surface area (Å²) in [7, 11) is 0. The van der Waals surface area contributed by atoms with Gasteiger partial charge in [-0.15, -0.1) is 0 Å². The van der Waals surface area contributed by atoms with E-state index in [-0.39, 0.29) is 11.8 Å². The van der Waals surface area contributed by atoms with Crippen LogP contribution in [0.4, 0.5) is 0 Å². The molecule has 0 fully saturated rings. The third kappa shape index (κ3) is 3.73. The summed E-state index contributed by atoms with van der Waals surface area (Å²) in [5, 5.41) is 2.96. The number of benzene rings is 1. The van der Waals surface area contributed by atoms with Gasteiger partial charge in [-0.25, -0.2) is 0 Å². The van der Waals surface area contributed by atoms with Crippen LogP contribution >= 0.6 is 0 Å². The molecule has 0 bridgehead atoms. The lowest BCUT2D eigenvalue weighted by molar-refractivity contribution is -0.124. The SMILES string of the molecule is Cc1ccc(Cn2cccc2CNC(=O)C(C)C)cc1. The second kappa shape index (κ2) is 6.42. The van der Waals surface area contributed by atoms with E-state index in [1.807, 2.05) is 19.9 Å². The summed E-state index contributed by atoms with van der Waals surface area (Å²) >= 11 is 0. The molecule has 0 saturated heterocycles. The van der Waals surface area contributed by atoms with E-state index >= 15 is 0 Å². The second-order valence-electron chi connectivity index (χ2n) is 5.49. The van der Waals surface area contributed by atoms with Gasteiger partial charge >= 0.3 is 0 Å². The van der Waals surface area contributed by atoms with Crippen LogP contribution in [0.3, 0.4) is 0 Å². The molecule has 0 aliphatic rings. The minimum atomic E-state index is 0.0236. The highest BCUT2D eigenvalue weighted by Gasteiger charge is 2.08. The molecule has 0 aliphatic carbocycles. The molecular formula is C17H22N2O. The standard InChI is InChI=1S/C17H22N2O/c1-13(2)17(20)18-11-16-5-4-10-19(16)12-15-8-6-14(3)7-9-15/h4-10,13H,11-12H2,1-3H3,(H,18,20). The molecule has 0 unspecified atom stereocenters. The van der Waals surface area contributed by atoms with Crippen LogP contribution in [0, 0.1) is 12.8 Å². The topological polar surface area (TPSA) is 34.0 Å². The monoisotopic (exact) mass is 270 g/mol. The lowest BCUT2D eigenvalue weighted by Crippen LogP contribution is -2.28. The summed E-state index contributed by atoms with van der Waals surface area (Å²) in [5.41, 5.74) is 3.66. The van der Waals surface area contributed by atoms with Crippen molar-refractivity contribution in [2.75, 3.05) is 0 Å². The van der Waals surface area contributed by atoms with Crippen molar-refractivity contribution in [2.45, 2.75) is 33.9 Å². The number of hydrogen-bond donors (Lipinski definition) is 1. The first-order valence-corrected chi connectivity index (χ1v) is 7.03. The van der Waals surface area contributed by atoms with Crippen LogP contribution in [0.5, 0.6) is 0 Å². The predicted molar refractivity (Wildman–Crippen MR) is 81.4 cm³/mol. The van der Waals surface area contributed by atoms with Crippen molar-refractivity contribution in [2.24, 2.45) is 5.92 Å². The molecule has 2 aromatic rings. The van der Waals surface area contributed by atoms with Crippen LogP contribution in [0.2, 0.25) is 0 Å². The quantitative estimate of drug-likeness (QED) is 0.890. The maximum Gasteiger partial charge on any atom is 0.222 e. The summed E-state index contributed by atoms with van der Waals surface area (Å²) in [6.07, 6.45) is 2.05. The molecule has 3 heteroatoms. The molecule has 0 atom stereocenters. The molecule has 0 saturated carbocycles. The largest absolute Gasteiger partial charge is 0.350 e. The van der Waals surface area contributed by atoms with Gasteiger partial charge in [0.15, 0.2) is 0 Å². The first-order valence-electron chi connectivity index (χ1n) is 7.03. The Morgan fingerprint density at radius 3 is 2.55 bits per heavy atom. The average Bonchev–Trinajstić information content (AvgIpc) is 2.86. The van der Waals surface area contributed by atoms with E-state index in [0.717, 1.165) is 12.2 Å². The molecule has 1 N–H and O–H groups in total. The van der Waals surface area contributed by atoms with Crippen LogP contribution in [-0.2, 0) is 17.9 Å². The van der Waals surface area contributed by atoms with Crippen molar-refractivity contribution in [3.8, 4) is 0 Å². The summed E-state index contributed by atoms with van der Waals surface area (Å²) in [5.74, 6) is 0.114. The molecule has 1 amide bonds. The summed E-state index contributed by atoms with van der Waals surface area (Å²) < 4.78 is 2.17. The van der Waals surface area contributed by atoms with Gasteiger partial charge < -0.3 is 9.88 Å². The zero-order valence-corrected chi connectivity index (χ0v) is 12.4. The van der Waals surface area contributed by atoms with E-state index < -0.39 is 0 Å². The van der Waals surface area contributed by atoms with Crippen LogP contribution in [-0.4, -0.2) is 10.5 Å². The normalized spacial score (nSPS) is 10.8. The first kappa shape index (κ1) is 14.4. The fourth-order valence-corrected chi connectivity index (χ4v) is 2.04. The number of carbonyl (C=O) groups excluding carboxylic acids is 1. The van der Waals surface area contributed by atoms with Crippen molar-refractivity contribution >= 4 is 5.91 Å². The number of rotatable bonds is 5. The Balaban J connectivity index is 2.01. The Hall–Kier alpha value is -2.03. The highest BCUT2D eigenvalue weighted by Crippen LogP contribution is 2.09. The zero-order valence-electron chi connectivity index (χ0n) is 12.4. The first-order chi connectivity index (χ1) is 9.56. The van der Waals surface area contributed by atoms with Crippen molar-refractivity contribution < 1.29 is 4.79 Å². The Kier molecular flexibility index (Phi) is 4.61. The van der Waals surface area contributed by atoms with E-state index in [9.17, 15) is 4.79 Å². The molecule has 1 heterocycles. The number of hydrogen-bond acceptors (Lipinski definition) is 1. The maximum atomic E-state index is 11.6. The minimum Gasteiger partial charge on any atom is -0.350 e. The van der Waals surface area contributed by atoms with Gasteiger partial charge in [-0.2, -0.15) is 0 Å². The van der Waals surface area contributed by atoms with Gasteiger partial charge in [-0.05, 0) is 24.6 Å². The van der Waals surface area contributed by atoms with E-state index in [4.69, 9.17) is 0 Å². The van der Waals surface area contributed by atoms with Gasteiger partial charge in [0.25, 0.3) is 0 Å². The van der Waals surface area contributed by atoms with Crippen LogP contribution < -0.4 is 5.32 Å². The van der Waals surface area contributed by atoms with Gasteiger partial charge in [-0.3, -0.25) is 4.79 Å². The molecule has 0 spiro atoms. The molecule has 0 aliphatic heterocycles. The van der Waals surface area contributed by atoms with Crippen molar-refractivity contribution in [1.29, 1.82) is 0 Å².